The minimum Gasteiger partial charge on any atom is -0.328 e. The van der Waals surface area contributed by atoms with Gasteiger partial charge in [0.15, 0.2) is 0 Å². The number of hydrogen-bond donors (Lipinski definition) is 1. The van der Waals surface area contributed by atoms with E-state index in [1.54, 1.807) is 0 Å². The van der Waals surface area contributed by atoms with Crippen LogP contribution >= 0.6 is 11.3 Å². The van der Waals surface area contributed by atoms with Gasteiger partial charge in [0.1, 0.15) is 0 Å². The summed E-state index contributed by atoms with van der Waals surface area (Å²) in [7, 11) is 0. The maximum atomic E-state index is 5.94. The van der Waals surface area contributed by atoms with E-state index in [0.717, 1.165) is 5.92 Å². The Kier molecular flexibility index (Phi) is 2.08. The first kappa shape index (κ1) is 9.37. The fourth-order valence-corrected chi connectivity index (χ4v) is 3.46. The second kappa shape index (κ2) is 3.32. The van der Waals surface area contributed by atoms with Crippen LogP contribution < -0.4 is 5.73 Å². The van der Waals surface area contributed by atoms with E-state index in [0.29, 0.717) is 12.0 Å². The lowest BCUT2D eigenvalue weighted by Gasteiger charge is -2.02. The van der Waals surface area contributed by atoms with Crippen molar-refractivity contribution in [1.29, 1.82) is 0 Å². The SMILES string of the molecule is CC(N)C1CC1c1csc2ccccc12. The predicted molar refractivity (Wildman–Crippen MR) is 66.3 cm³/mol. The molecule has 2 aromatic rings. The fourth-order valence-electron chi connectivity index (χ4n) is 2.44. The first-order chi connectivity index (χ1) is 7.27. The molecule has 0 aliphatic heterocycles. The average molecular weight is 217 g/mol. The highest BCUT2D eigenvalue weighted by atomic mass is 32.1. The van der Waals surface area contributed by atoms with Gasteiger partial charge in [-0.25, -0.2) is 0 Å². The van der Waals surface area contributed by atoms with Crippen LogP contribution in [0, 0.1) is 5.92 Å². The molecule has 0 saturated heterocycles. The summed E-state index contributed by atoms with van der Waals surface area (Å²) in [6, 6.07) is 9.01. The molecular weight excluding hydrogens is 202 g/mol. The van der Waals surface area contributed by atoms with E-state index in [4.69, 9.17) is 5.73 Å². The van der Waals surface area contributed by atoms with E-state index in [2.05, 4.69) is 36.6 Å². The zero-order chi connectivity index (χ0) is 10.4. The first-order valence-corrected chi connectivity index (χ1v) is 6.37. The number of hydrogen-bond acceptors (Lipinski definition) is 2. The first-order valence-electron chi connectivity index (χ1n) is 5.49. The molecule has 1 nitrogen and oxygen atoms in total. The van der Waals surface area contributed by atoms with E-state index >= 15 is 0 Å². The summed E-state index contributed by atoms with van der Waals surface area (Å²) in [5, 5.41) is 3.76. The van der Waals surface area contributed by atoms with Crippen LogP contribution in [0.25, 0.3) is 10.1 Å². The fraction of sp³-hybridized carbons (Fsp3) is 0.385. The van der Waals surface area contributed by atoms with Gasteiger partial charge in [-0.3, -0.25) is 0 Å². The third kappa shape index (κ3) is 1.48. The predicted octanol–water partition coefficient (Wildman–Crippen LogP) is 3.35. The molecule has 0 radical (unpaired) electrons. The number of fused-ring (bicyclic) bond motifs is 1. The minimum absolute atomic E-state index is 0.341. The Hall–Kier alpha value is -0.860. The zero-order valence-electron chi connectivity index (χ0n) is 8.81. The molecule has 15 heavy (non-hydrogen) atoms. The van der Waals surface area contributed by atoms with Crippen molar-refractivity contribution in [3.8, 4) is 0 Å². The molecule has 1 fully saturated rings. The van der Waals surface area contributed by atoms with Gasteiger partial charge in [-0.15, -0.1) is 11.3 Å². The molecule has 2 N–H and O–H groups in total. The smallest absolute Gasteiger partial charge is 0.0345 e. The van der Waals surface area contributed by atoms with Crippen molar-refractivity contribution >= 4 is 21.4 Å². The van der Waals surface area contributed by atoms with Crippen molar-refractivity contribution in [2.75, 3.05) is 0 Å². The van der Waals surface area contributed by atoms with E-state index in [1.807, 2.05) is 11.3 Å². The van der Waals surface area contributed by atoms with Crippen molar-refractivity contribution in [2.45, 2.75) is 25.3 Å². The van der Waals surface area contributed by atoms with Crippen molar-refractivity contribution in [1.82, 2.24) is 0 Å². The summed E-state index contributed by atoms with van der Waals surface area (Å²) in [5.74, 6) is 1.43. The lowest BCUT2D eigenvalue weighted by atomic mass is 10.1. The topological polar surface area (TPSA) is 26.0 Å². The van der Waals surface area contributed by atoms with E-state index in [9.17, 15) is 0 Å². The Morgan fingerprint density at radius 3 is 2.93 bits per heavy atom. The van der Waals surface area contributed by atoms with Crippen molar-refractivity contribution in [3.05, 3.63) is 35.2 Å². The van der Waals surface area contributed by atoms with Crippen LogP contribution in [0.5, 0.6) is 0 Å². The van der Waals surface area contributed by atoms with Crippen LogP contribution in [-0.2, 0) is 0 Å². The van der Waals surface area contributed by atoms with Crippen molar-refractivity contribution in [3.63, 3.8) is 0 Å². The summed E-state index contributed by atoms with van der Waals surface area (Å²) in [6.07, 6.45) is 1.28. The Bertz CT molecular complexity index is 486. The van der Waals surface area contributed by atoms with Gasteiger partial charge in [-0.1, -0.05) is 18.2 Å². The molecule has 1 aliphatic carbocycles. The van der Waals surface area contributed by atoms with Gasteiger partial charge in [0, 0.05) is 10.7 Å². The zero-order valence-corrected chi connectivity index (χ0v) is 9.63. The molecule has 0 spiro atoms. The monoisotopic (exact) mass is 217 g/mol. The Labute approximate surface area is 93.9 Å². The minimum atomic E-state index is 0.341. The number of thiophene rings is 1. The van der Waals surface area contributed by atoms with Crippen LogP contribution in [0.3, 0.4) is 0 Å². The molecule has 2 heteroatoms. The van der Waals surface area contributed by atoms with Gasteiger partial charge in [-0.05, 0) is 47.6 Å². The molecule has 1 heterocycles. The lowest BCUT2D eigenvalue weighted by Crippen LogP contribution is -2.17. The summed E-state index contributed by atoms with van der Waals surface area (Å²) in [4.78, 5) is 0. The Balaban J connectivity index is 2.00. The van der Waals surface area contributed by atoms with Gasteiger partial charge < -0.3 is 5.73 Å². The molecule has 1 saturated carbocycles. The molecule has 1 aromatic heterocycles. The second-order valence-electron chi connectivity index (χ2n) is 4.55. The second-order valence-corrected chi connectivity index (χ2v) is 5.46. The molecule has 1 aliphatic rings. The van der Waals surface area contributed by atoms with Gasteiger partial charge in [0.05, 0.1) is 0 Å². The van der Waals surface area contributed by atoms with Crippen molar-refractivity contribution < 1.29 is 0 Å². The average Bonchev–Trinajstić information content (AvgIpc) is 2.92. The van der Waals surface area contributed by atoms with E-state index in [-0.39, 0.29) is 0 Å². The van der Waals surface area contributed by atoms with Crippen molar-refractivity contribution in [2.24, 2.45) is 11.7 Å². The van der Waals surface area contributed by atoms with Gasteiger partial charge >= 0.3 is 0 Å². The summed E-state index contributed by atoms with van der Waals surface area (Å²) >= 11 is 1.86. The van der Waals surface area contributed by atoms with Crippen LogP contribution in [0.2, 0.25) is 0 Å². The Morgan fingerprint density at radius 1 is 1.40 bits per heavy atom. The summed E-state index contributed by atoms with van der Waals surface area (Å²) in [6.45, 7) is 2.12. The lowest BCUT2D eigenvalue weighted by molar-refractivity contribution is 0.633. The number of nitrogens with two attached hydrogens (primary N) is 1. The quantitative estimate of drug-likeness (QED) is 0.820. The number of rotatable bonds is 2. The van der Waals surface area contributed by atoms with Gasteiger partial charge in [-0.2, -0.15) is 0 Å². The summed E-state index contributed by atoms with van der Waals surface area (Å²) < 4.78 is 1.41. The molecule has 0 bridgehead atoms. The van der Waals surface area contributed by atoms with Crippen LogP contribution in [0.4, 0.5) is 0 Å². The highest BCUT2D eigenvalue weighted by molar-refractivity contribution is 7.17. The number of benzene rings is 1. The highest BCUT2D eigenvalue weighted by Gasteiger charge is 2.41. The maximum absolute atomic E-state index is 5.94. The molecule has 1 aromatic carbocycles. The Morgan fingerprint density at radius 2 is 2.20 bits per heavy atom. The molecule has 78 valence electrons. The third-order valence-electron chi connectivity index (χ3n) is 3.43. The molecule has 3 atom stereocenters. The summed E-state index contributed by atoms with van der Waals surface area (Å²) in [5.41, 5.74) is 7.47. The van der Waals surface area contributed by atoms with Crippen LogP contribution in [-0.4, -0.2) is 6.04 Å². The molecule has 3 rings (SSSR count). The van der Waals surface area contributed by atoms with Crippen LogP contribution in [0.15, 0.2) is 29.6 Å². The standard InChI is InChI=1S/C13H15NS/c1-8(14)10-6-11(10)12-7-15-13-5-3-2-4-9(12)13/h2-5,7-8,10-11H,6,14H2,1H3. The molecule has 3 unspecified atom stereocenters. The highest BCUT2D eigenvalue weighted by Crippen LogP contribution is 2.51. The third-order valence-corrected chi connectivity index (χ3v) is 4.41. The maximum Gasteiger partial charge on any atom is 0.0345 e. The van der Waals surface area contributed by atoms with Crippen LogP contribution in [0.1, 0.15) is 24.8 Å². The normalized spacial score (nSPS) is 26.8. The van der Waals surface area contributed by atoms with E-state index in [1.165, 1.54) is 22.1 Å². The van der Waals surface area contributed by atoms with E-state index < -0.39 is 0 Å². The van der Waals surface area contributed by atoms with Gasteiger partial charge in [0.2, 0.25) is 0 Å². The molecular formula is C13H15NS. The molecule has 0 amide bonds. The largest absolute Gasteiger partial charge is 0.328 e. The van der Waals surface area contributed by atoms with Gasteiger partial charge in [0.25, 0.3) is 0 Å².